The Labute approximate surface area is 201 Å². The maximum Gasteiger partial charge on any atom is 2.00 e. The quantitative estimate of drug-likeness (QED) is 0.204. The van der Waals surface area contributed by atoms with Crippen LogP contribution in [0, 0.1) is 0 Å². The van der Waals surface area contributed by atoms with E-state index in [2.05, 4.69) is 22.8 Å². The number of halogens is 1. The second kappa shape index (κ2) is 26.2. The molecule has 0 aromatic rings. The van der Waals surface area contributed by atoms with Crippen LogP contribution in [0.15, 0.2) is 0 Å². The first kappa shape index (κ1) is 37.9. The predicted octanol–water partition coefficient (Wildman–Crippen LogP) is -8.09. The first-order valence-electron chi connectivity index (χ1n) is 6.56. The third-order valence-electron chi connectivity index (χ3n) is 1.52. The Balaban J connectivity index is -0.000000122. The molecule has 0 fully saturated rings. The van der Waals surface area contributed by atoms with Gasteiger partial charge in [0, 0.05) is 13.1 Å². The summed E-state index contributed by atoms with van der Waals surface area (Å²) in [6.45, 7) is -2.06. The molecular formula is C10H21AlCaClN5O10. The van der Waals surface area contributed by atoms with Crippen LogP contribution in [0.5, 0.6) is 0 Å². The Hall–Kier alpha value is -0.768. The number of carboxylic acid groups (broad SMARTS) is 2. The van der Waals surface area contributed by atoms with Crippen LogP contribution in [0.3, 0.4) is 0 Å². The molecule has 0 aliphatic rings. The molecule has 0 saturated carbocycles. The van der Waals surface area contributed by atoms with Crippen LogP contribution < -0.4 is 38.9 Å². The van der Waals surface area contributed by atoms with Crippen molar-refractivity contribution in [3.63, 3.8) is 0 Å². The Kier molecular flexibility index (Phi) is 35.5. The van der Waals surface area contributed by atoms with Gasteiger partial charge in [0.15, 0.2) is 0 Å². The minimum atomic E-state index is -3.25. The van der Waals surface area contributed by atoms with Crippen molar-refractivity contribution in [3.8, 4) is 0 Å². The van der Waals surface area contributed by atoms with Gasteiger partial charge in [0.05, 0.1) is 31.6 Å². The van der Waals surface area contributed by atoms with E-state index < -0.39 is 64.6 Å². The van der Waals surface area contributed by atoms with Crippen molar-refractivity contribution in [1.29, 1.82) is 0 Å². The maximum atomic E-state index is 10.8. The SMILES string of the molecule is Cl.NCC(=O)[O-].NCC(=O)[O-].NCC(=O)[O][Al]([O]C(=O)CN)[O]C(=O)CN.[Ca+2]. The number of aliphatic carboxylic acids is 2. The van der Waals surface area contributed by atoms with E-state index >= 15 is 0 Å². The molecular weight excluding hydrogens is 453 g/mol. The zero-order chi connectivity index (χ0) is 21.1. The Morgan fingerprint density at radius 1 is 0.607 bits per heavy atom. The number of carboxylic acids is 2. The molecule has 0 aliphatic heterocycles. The van der Waals surface area contributed by atoms with Gasteiger partial charge in [-0.15, -0.1) is 12.4 Å². The van der Waals surface area contributed by atoms with Gasteiger partial charge in [0.1, 0.15) is 0 Å². The summed E-state index contributed by atoms with van der Waals surface area (Å²) in [5.41, 5.74) is 23.9. The molecule has 28 heavy (non-hydrogen) atoms. The first-order chi connectivity index (χ1) is 12.1. The zero-order valence-electron chi connectivity index (χ0n) is 14.7. The molecule has 0 bridgehead atoms. The molecule has 18 heteroatoms. The predicted molar refractivity (Wildman–Crippen MR) is 92.3 cm³/mol. The normalized spacial score (nSPS) is 7.89. The Morgan fingerprint density at radius 2 is 0.786 bits per heavy atom. The number of hydrogen-bond donors (Lipinski definition) is 5. The van der Waals surface area contributed by atoms with Crippen molar-refractivity contribution in [2.24, 2.45) is 28.7 Å². The molecule has 0 amide bonds. The van der Waals surface area contributed by atoms with Gasteiger partial charge in [-0.1, -0.05) is 0 Å². The molecule has 10 N–H and O–H groups in total. The molecule has 15 nitrogen and oxygen atoms in total. The molecule has 0 spiro atoms. The van der Waals surface area contributed by atoms with E-state index in [0.717, 1.165) is 0 Å². The van der Waals surface area contributed by atoms with Gasteiger partial charge < -0.3 is 59.8 Å². The summed E-state index contributed by atoms with van der Waals surface area (Å²) in [5, 5.41) is 18.3. The van der Waals surface area contributed by atoms with Crippen LogP contribution in [0.25, 0.3) is 0 Å². The van der Waals surface area contributed by atoms with Crippen molar-refractivity contribution < 1.29 is 45.6 Å². The van der Waals surface area contributed by atoms with Crippen LogP contribution in [0.1, 0.15) is 0 Å². The second-order valence-corrected chi connectivity index (χ2v) is 4.81. The second-order valence-electron chi connectivity index (χ2n) is 3.52. The average Bonchev–Trinajstić information content (AvgIpc) is 2.61. The van der Waals surface area contributed by atoms with E-state index in [1.54, 1.807) is 0 Å². The first-order valence-corrected chi connectivity index (χ1v) is 7.97. The fourth-order valence-electron chi connectivity index (χ4n) is 0.538. The van der Waals surface area contributed by atoms with E-state index in [1.165, 1.54) is 0 Å². The van der Waals surface area contributed by atoms with E-state index in [1.807, 2.05) is 0 Å². The molecule has 0 atom stereocenters. The zero-order valence-corrected chi connectivity index (χ0v) is 18.9. The number of hydrogen-bond acceptors (Lipinski definition) is 15. The van der Waals surface area contributed by atoms with E-state index in [0.29, 0.717) is 0 Å². The monoisotopic (exact) mass is 473 g/mol. The molecule has 0 rings (SSSR count). The largest absolute Gasteiger partial charge is 2.00 e. The summed E-state index contributed by atoms with van der Waals surface area (Å²) in [7, 11) is 0. The number of carbonyl (C=O) groups excluding carboxylic acids is 5. The van der Waals surface area contributed by atoms with Crippen LogP contribution in [-0.2, 0) is 35.3 Å². The van der Waals surface area contributed by atoms with Crippen molar-refractivity contribution >= 4 is 95.1 Å². The summed E-state index contributed by atoms with van der Waals surface area (Å²) in [5.74, 6) is -5.00. The third kappa shape index (κ3) is 32.9. The van der Waals surface area contributed by atoms with Gasteiger partial charge >= 0.3 is 52.9 Å². The van der Waals surface area contributed by atoms with Crippen LogP contribution in [0.2, 0.25) is 0 Å². The van der Waals surface area contributed by atoms with Crippen molar-refractivity contribution in [1.82, 2.24) is 0 Å². The van der Waals surface area contributed by atoms with Gasteiger partial charge in [-0.05, 0) is 0 Å². The fraction of sp³-hybridized carbons (Fsp3) is 0.500. The minimum Gasteiger partial charge on any atom is -0.550 e. The Bertz CT molecular complexity index is 419. The molecule has 0 heterocycles. The van der Waals surface area contributed by atoms with Crippen LogP contribution in [0.4, 0.5) is 0 Å². The number of nitrogens with two attached hydrogens (primary N) is 5. The topological polar surface area (TPSA) is 289 Å². The average molecular weight is 474 g/mol. The van der Waals surface area contributed by atoms with E-state index in [9.17, 15) is 14.4 Å². The van der Waals surface area contributed by atoms with E-state index in [4.69, 9.17) is 37.0 Å². The molecule has 0 aromatic heterocycles. The molecule has 0 aliphatic carbocycles. The summed E-state index contributed by atoms with van der Waals surface area (Å²) in [6, 6.07) is 0. The molecule has 158 valence electrons. The fourth-order valence-corrected chi connectivity index (χ4v) is 1.62. The van der Waals surface area contributed by atoms with Crippen molar-refractivity contribution in [3.05, 3.63) is 0 Å². The summed E-state index contributed by atoms with van der Waals surface area (Å²) in [4.78, 5) is 50.7. The van der Waals surface area contributed by atoms with Crippen molar-refractivity contribution in [2.75, 3.05) is 32.7 Å². The molecule has 0 aromatic carbocycles. The van der Waals surface area contributed by atoms with Gasteiger partial charge in [-0.25, -0.2) is 0 Å². The van der Waals surface area contributed by atoms with Gasteiger partial charge in [0.2, 0.25) is 0 Å². The Morgan fingerprint density at radius 3 is 0.893 bits per heavy atom. The van der Waals surface area contributed by atoms with Gasteiger partial charge in [0.25, 0.3) is 17.9 Å². The van der Waals surface area contributed by atoms with Crippen LogP contribution >= 0.6 is 12.4 Å². The van der Waals surface area contributed by atoms with E-state index in [-0.39, 0.29) is 63.2 Å². The number of rotatable bonds is 8. The molecule has 0 unspecified atom stereocenters. The smallest absolute Gasteiger partial charge is 0.550 e. The molecule has 0 saturated heterocycles. The minimum absolute atomic E-state index is 0. The third-order valence-corrected chi connectivity index (χ3v) is 2.88. The summed E-state index contributed by atoms with van der Waals surface area (Å²) in [6.07, 6.45) is 0. The van der Waals surface area contributed by atoms with Crippen molar-refractivity contribution in [2.45, 2.75) is 0 Å². The number of carbonyl (C=O) groups is 5. The van der Waals surface area contributed by atoms with Gasteiger partial charge in [-0.2, -0.15) is 0 Å². The van der Waals surface area contributed by atoms with Crippen LogP contribution in [-0.4, -0.2) is 115 Å². The maximum absolute atomic E-state index is 10.8. The van der Waals surface area contributed by atoms with Gasteiger partial charge in [-0.3, -0.25) is 14.4 Å². The molecule has 0 radical (unpaired) electrons. The standard InChI is InChI=1S/5C2H5NO2.Al.Ca.ClH/c5*3-1-2(4)5;;;/h5*1,3H2,(H,4,5);;;1H/q;;;;;+3;+2;/p-5. The summed E-state index contributed by atoms with van der Waals surface area (Å²) >= 11 is -3.25. The summed E-state index contributed by atoms with van der Waals surface area (Å²) < 4.78 is 13.6.